The molecule has 0 N–H and O–H groups in total. The zero-order chi connectivity index (χ0) is 16.9. The van der Waals surface area contributed by atoms with E-state index in [1.165, 1.54) is 11.1 Å². The first-order valence-electron chi connectivity index (χ1n) is 8.66. The molecule has 4 rings (SSSR count). The molecule has 0 saturated heterocycles. The Hall–Kier alpha value is -2.79. The van der Waals surface area contributed by atoms with Crippen molar-refractivity contribution in [2.24, 2.45) is 0 Å². The first kappa shape index (κ1) is 15.7. The van der Waals surface area contributed by atoms with Crippen LogP contribution in [-0.4, -0.2) is 44.3 Å². The molecular formula is C20H21N5. The first-order valence-corrected chi connectivity index (χ1v) is 8.66. The van der Waals surface area contributed by atoms with Crippen LogP contribution in [0.15, 0.2) is 67.3 Å². The maximum atomic E-state index is 4.45. The van der Waals surface area contributed by atoms with Gasteiger partial charge in [0.1, 0.15) is 0 Å². The number of aromatic nitrogens is 4. The summed E-state index contributed by atoms with van der Waals surface area (Å²) in [5.74, 6) is 0.849. The average Bonchev–Trinajstić information content (AvgIpc) is 3.19. The maximum absolute atomic E-state index is 4.45. The monoisotopic (exact) mass is 331 g/mol. The van der Waals surface area contributed by atoms with Crippen molar-refractivity contribution in [2.45, 2.75) is 12.8 Å². The molecule has 0 bridgehead atoms. The largest absolute Gasteiger partial charge is 0.299 e. The summed E-state index contributed by atoms with van der Waals surface area (Å²) in [7, 11) is 0. The van der Waals surface area contributed by atoms with Gasteiger partial charge in [0.05, 0.1) is 6.20 Å². The second-order valence-corrected chi connectivity index (χ2v) is 6.21. The quantitative estimate of drug-likeness (QED) is 0.721. The van der Waals surface area contributed by atoms with E-state index in [-0.39, 0.29) is 0 Å². The molecule has 0 amide bonds. The Morgan fingerprint density at radius 2 is 1.88 bits per heavy atom. The van der Waals surface area contributed by atoms with Gasteiger partial charge in [0.25, 0.3) is 0 Å². The molecule has 0 fully saturated rings. The molecule has 0 saturated carbocycles. The van der Waals surface area contributed by atoms with Crippen LogP contribution in [0.4, 0.5) is 0 Å². The first-order chi connectivity index (χ1) is 12.4. The fourth-order valence-electron chi connectivity index (χ4n) is 3.10. The van der Waals surface area contributed by atoms with Gasteiger partial charge in [-0.05, 0) is 36.3 Å². The van der Waals surface area contributed by atoms with Crippen LogP contribution in [0.25, 0.3) is 11.4 Å². The molecule has 0 radical (unpaired) electrons. The van der Waals surface area contributed by atoms with Crippen molar-refractivity contribution < 1.29 is 0 Å². The van der Waals surface area contributed by atoms with E-state index in [2.05, 4.69) is 44.4 Å². The summed E-state index contributed by atoms with van der Waals surface area (Å²) in [6.45, 7) is 3.11. The fraction of sp³-hybridized carbons (Fsp3) is 0.250. The van der Waals surface area contributed by atoms with Gasteiger partial charge < -0.3 is 0 Å². The van der Waals surface area contributed by atoms with Gasteiger partial charge in [0, 0.05) is 55.9 Å². The maximum Gasteiger partial charge on any atom is 0.153 e. The average molecular weight is 331 g/mol. The van der Waals surface area contributed by atoms with Crippen molar-refractivity contribution in [1.29, 1.82) is 0 Å². The Labute approximate surface area is 147 Å². The third-order valence-electron chi connectivity index (χ3n) is 4.54. The smallest absolute Gasteiger partial charge is 0.153 e. The van der Waals surface area contributed by atoms with E-state index in [9.17, 15) is 0 Å². The molecule has 1 aliphatic heterocycles. The summed E-state index contributed by atoms with van der Waals surface area (Å²) in [5.41, 5.74) is 3.72. The fourth-order valence-corrected chi connectivity index (χ4v) is 3.10. The van der Waals surface area contributed by atoms with Crippen molar-refractivity contribution >= 4 is 5.57 Å². The lowest BCUT2D eigenvalue weighted by Crippen LogP contribution is -2.30. The molecule has 0 atom stereocenters. The van der Waals surface area contributed by atoms with Crippen molar-refractivity contribution in [3.05, 3.63) is 78.5 Å². The van der Waals surface area contributed by atoms with Crippen LogP contribution < -0.4 is 0 Å². The predicted molar refractivity (Wildman–Crippen MR) is 98.3 cm³/mol. The van der Waals surface area contributed by atoms with E-state index in [1.54, 1.807) is 6.20 Å². The molecule has 4 heterocycles. The summed E-state index contributed by atoms with van der Waals surface area (Å²) >= 11 is 0. The lowest BCUT2D eigenvalue weighted by Gasteiger charge is -2.25. The molecule has 3 aromatic heterocycles. The van der Waals surface area contributed by atoms with E-state index >= 15 is 0 Å². The molecule has 0 aromatic carbocycles. The minimum absolute atomic E-state index is 0.849. The highest BCUT2D eigenvalue weighted by Crippen LogP contribution is 2.22. The minimum Gasteiger partial charge on any atom is -0.299 e. The zero-order valence-corrected chi connectivity index (χ0v) is 14.1. The lowest BCUT2D eigenvalue weighted by molar-refractivity contribution is 0.305. The molecule has 1 aliphatic rings. The highest BCUT2D eigenvalue weighted by Gasteiger charge is 2.14. The van der Waals surface area contributed by atoms with E-state index in [0.29, 0.717) is 0 Å². The van der Waals surface area contributed by atoms with E-state index in [0.717, 1.165) is 44.0 Å². The SMILES string of the molecule is C1=C(c2cnn(-c3ccccn3)c2)CCN(CCc2ccccn2)C1. The Bertz CT molecular complexity index is 839. The lowest BCUT2D eigenvalue weighted by atomic mass is 10.0. The van der Waals surface area contributed by atoms with Gasteiger partial charge in [-0.25, -0.2) is 9.67 Å². The van der Waals surface area contributed by atoms with Crippen LogP contribution >= 0.6 is 0 Å². The van der Waals surface area contributed by atoms with Crippen LogP contribution in [-0.2, 0) is 6.42 Å². The van der Waals surface area contributed by atoms with Crippen LogP contribution in [0, 0.1) is 0 Å². The van der Waals surface area contributed by atoms with Gasteiger partial charge in [-0.3, -0.25) is 9.88 Å². The second kappa shape index (κ2) is 7.40. The molecule has 0 spiro atoms. The number of hydrogen-bond donors (Lipinski definition) is 0. The van der Waals surface area contributed by atoms with Gasteiger partial charge >= 0.3 is 0 Å². The molecule has 3 aromatic rings. The second-order valence-electron chi connectivity index (χ2n) is 6.21. The summed E-state index contributed by atoms with van der Waals surface area (Å²) in [6, 6.07) is 12.0. The van der Waals surface area contributed by atoms with Crippen molar-refractivity contribution in [3.63, 3.8) is 0 Å². The van der Waals surface area contributed by atoms with Gasteiger partial charge in [-0.15, -0.1) is 0 Å². The van der Waals surface area contributed by atoms with Crippen molar-refractivity contribution in [1.82, 2.24) is 24.6 Å². The van der Waals surface area contributed by atoms with Crippen molar-refractivity contribution in [3.8, 4) is 5.82 Å². The third kappa shape index (κ3) is 3.83. The van der Waals surface area contributed by atoms with Crippen LogP contribution in [0.3, 0.4) is 0 Å². The molecule has 5 nitrogen and oxygen atoms in total. The summed E-state index contributed by atoms with van der Waals surface area (Å²) in [4.78, 5) is 11.2. The topological polar surface area (TPSA) is 46.8 Å². The number of rotatable bonds is 5. The van der Waals surface area contributed by atoms with Gasteiger partial charge in [-0.2, -0.15) is 5.10 Å². The molecule has 0 unspecified atom stereocenters. The molecule has 126 valence electrons. The van der Waals surface area contributed by atoms with Gasteiger partial charge in [-0.1, -0.05) is 18.2 Å². The highest BCUT2D eigenvalue weighted by atomic mass is 15.3. The summed E-state index contributed by atoms with van der Waals surface area (Å²) in [5, 5.41) is 4.45. The van der Waals surface area contributed by atoms with Gasteiger partial charge in [0.15, 0.2) is 5.82 Å². The zero-order valence-electron chi connectivity index (χ0n) is 14.1. The molecule has 25 heavy (non-hydrogen) atoms. The van der Waals surface area contributed by atoms with Crippen LogP contribution in [0.2, 0.25) is 0 Å². The van der Waals surface area contributed by atoms with E-state index in [4.69, 9.17) is 0 Å². The molecular weight excluding hydrogens is 310 g/mol. The summed E-state index contributed by atoms with van der Waals surface area (Å²) in [6.07, 6.45) is 12.0. The highest BCUT2D eigenvalue weighted by molar-refractivity contribution is 5.65. The Morgan fingerprint density at radius 1 is 1.00 bits per heavy atom. The molecule has 5 heteroatoms. The number of hydrogen-bond acceptors (Lipinski definition) is 4. The van der Waals surface area contributed by atoms with Crippen LogP contribution in [0.1, 0.15) is 17.7 Å². The van der Waals surface area contributed by atoms with Crippen LogP contribution in [0.5, 0.6) is 0 Å². The number of nitrogens with zero attached hydrogens (tertiary/aromatic N) is 5. The standard InChI is InChI=1S/C20H21N5/c1-3-10-21-19(5-1)9-14-24-12-7-17(8-13-24)18-15-23-25(16-18)20-6-2-4-11-22-20/h1-7,10-11,15-16H,8-9,12-14H2. The van der Waals surface area contributed by atoms with E-state index in [1.807, 2.05) is 41.3 Å². The van der Waals surface area contributed by atoms with E-state index < -0.39 is 0 Å². The third-order valence-corrected chi connectivity index (χ3v) is 4.54. The minimum atomic E-state index is 0.849. The molecule has 0 aliphatic carbocycles. The normalized spacial score (nSPS) is 15.1. The Kier molecular flexibility index (Phi) is 4.65. The summed E-state index contributed by atoms with van der Waals surface area (Å²) < 4.78 is 1.84. The Balaban J connectivity index is 1.37. The predicted octanol–water partition coefficient (Wildman–Crippen LogP) is 2.99. The van der Waals surface area contributed by atoms with Gasteiger partial charge in [0.2, 0.25) is 0 Å². The Morgan fingerprint density at radius 3 is 2.60 bits per heavy atom. The number of pyridine rings is 2. The van der Waals surface area contributed by atoms with Crippen molar-refractivity contribution in [2.75, 3.05) is 19.6 Å².